The number of hydrogen-bond donors (Lipinski definition) is 1. The van der Waals surface area contributed by atoms with Crippen LogP contribution in [0.15, 0.2) is 66.9 Å². The van der Waals surface area contributed by atoms with Crippen molar-refractivity contribution in [2.75, 3.05) is 0 Å². The Morgan fingerprint density at radius 1 is 1.04 bits per heavy atom. The molecule has 0 aliphatic rings. The number of carbonyl (C=O) groups excluding carboxylic acids is 1. The minimum Gasteiger partial charge on any atom is -0.294 e. The number of hydrogen-bond acceptors (Lipinski definition) is 2. The largest absolute Gasteiger partial charge is 0.297 e. The molecule has 112 valence electrons. The topological polar surface area (TPSA) is 54.0 Å². The number of nitrogens with one attached hydrogen (secondary N) is 1. The molecule has 0 unspecified atom stereocenters. The van der Waals surface area contributed by atoms with Crippen LogP contribution in [0.4, 0.5) is 0 Å². The van der Waals surface area contributed by atoms with E-state index in [0.717, 1.165) is 16.8 Å². The molecule has 0 spiro atoms. The van der Waals surface area contributed by atoms with Gasteiger partial charge in [0.15, 0.2) is 11.5 Å². The zero-order chi connectivity index (χ0) is 15.8. The second-order valence-corrected chi connectivity index (χ2v) is 5.38. The molecule has 0 saturated heterocycles. The molecule has 1 N–H and O–H groups in total. The molecule has 4 rings (SSSR count). The molecule has 0 fully saturated rings. The van der Waals surface area contributed by atoms with Crippen molar-refractivity contribution in [1.29, 1.82) is 0 Å². The Hall–Kier alpha value is -3.21. The van der Waals surface area contributed by atoms with Gasteiger partial charge in [-0.1, -0.05) is 53.7 Å². The van der Waals surface area contributed by atoms with Gasteiger partial charge in [-0.3, -0.25) is 4.79 Å². The van der Waals surface area contributed by atoms with Gasteiger partial charge in [0, 0.05) is 5.56 Å². The van der Waals surface area contributed by atoms with Gasteiger partial charge < -0.3 is 0 Å². The highest BCUT2D eigenvalue weighted by atomic mass is 16.1. The van der Waals surface area contributed by atoms with E-state index in [9.17, 15) is 4.79 Å². The van der Waals surface area contributed by atoms with Gasteiger partial charge in [-0.2, -0.15) is 0 Å². The van der Waals surface area contributed by atoms with Crippen molar-refractivity contribution in [3.8, 4) is 16.8 Å². The normalized spacial score (nSPS) is 11.0. The van der Waals surface area contributed by atoms with Gasteiger partial charge in [-0.25, -0.2) is 0 Å². The summed E-state index contributed by atoms with van der Waals surface area (Å²) in [6.07, 6.45) is 1.91. The molecule has 5 nitrogen and oxygen atoms in total. The minimum absolute atomic E-state index is 0.00179. The molecule has 2 aromatic heterocycles. The summed E-state index contributed by atoms with van der Waals surface area (Å²) in [6, 6.07) is 19.6. The van der Waals surface area contributed by atoms with Crippen molar-refractivity contribution in [2.24, 2.45) is 0 Å². The Kier molecular flexibility index (Phi) is 3.05. The van der Waals surface area contributed by atoms with Crippen molar-refractivity contribution >= 4 is 11.4 Å². The number of ketones is 1. The van der Waals surface area contributed by atoms with Gasteiger partial charge in [0.25, 0.3) is 5.65 Å². The summed E-state index contributed by atoms with van der Waals surface area (Å²) in [5.41, 5.74) is 4.05. The van der Waals surface area contributed by atoms with E-state index in [1.165, 1.54) is 0 Å². The maximum atomic E-state index is 12.2. The number of aromatic nitrogens is 4. The highest BCUT2D eigenvalue weighted by Gasteiger charge is 2.25. The Labute approximate surface area is 132 Å². The average Bonchev–Trinajstić information content (AvgIpc) is 3.13. The van der Waals surface area contributed by atoms with Crippen LogP contribution in [-0.2, 0) is 0 Å². The van der Waals surface area contributed by atoms with Gasteiger partial charge >= 0.3 is 0 Å². The number of benzene rings is 2. The van der Waals surface area contributed by atoms with Crippen LogP contribution in [0.1, 0.15) is 17.3 Å². The van der Waals surface area contributed by atoms with Gasteiger partial charge in [0.2, 0.25) is 0 Å². The third-order valence-corrected chi connectivity index (χ3v) is 3.81. The molecule has 0 saturated carbocycles. The van der Waals surface area contributed by atoms with Gasteiger partial charge in [0.1, 0.15) is 11.8 Å². The summed E-state index contributed by atoms with van der Waals surface area (Å²) in [6.45, 7) is 1.57. The lowest BCUT2D eigenvalue weighted by Crippen LogP contribution is -2.36. The molecule has 0 radical (unpaired) electrons. The van der Waals surface area contributed by atoms with Crippen LogP contribution in [0, 0.1) is 0 Å². The first kappa shape index (κ1) is 13.5. The number of carbonyl (C=O) groups is 1. The SMILES string of the molecule is CC(=O)c1c(-c2ccccc2)cn2[nH][n+](-c3ccccc3)nc12. The average molecular weight is 303 g/mol. The molecular weight excluding hydrogens is 288 g/mol. The third-order valence-electron chi connectivity index (χ3n) is 3.81. The molecule has 23 heavy (non-hydrogen) atoms. The molecule has 0 aliphatic heterocycles. The fourth-order valence-corrected chi connectivity index (χ4v) is 2.76. The summed E-state index contributed by atoms with van der Waals surface area (Å²) in [4.78, 5) is 13.8. The predicted octanol–water partition coefficient (Wildman–Crippen LogP) is 2.81. The van der Waals surface area contributed by atoms with E-state index >= 15 is 0 Å². The highest BCUT2D eigenvalue weighted by molar-refractivity contribution is 6.06. The molecule has 5 heteroatoms. The maximum Gasteiger partial charge on any atom is 0.297 e. The van der Waals surface area contributed by atoms with E-state index in [1.54, 1.807) is 16.2 Å². The second kappa shape index (κ2) is 5.21. The Bertz CT molecular complexity index is 984. The van der Waals surface area contributed by atoms with Crippen molar-refractivity contribution in [2.45, 2.75) is 6.92 Å². The van der Waals surface area contributed by atoms with Crippen LogP contribution in [0.5, 0.6) is 0 Å². The molecule has 0 amide bonds. The lowest BCUT2D eigenvalue weighted by molar-refractivity contribution is -0.716. The predicted molar refractivity (Wildman–Crippen MR) is 86.5 cm³/mol. The number of tetrazole rings is 1. The lowest BCUT2D eigenvalue weighted by atomic mass is 10.0. The molecule has 0 aliphatic carbocycles. The monoisotopic (exact) mass is 303 g/mol. The molecule has 2 heterocycles. The first-order valence-electron chi connectivity index (χ1n) is 7.39. The lowest BCUT2D eigenvalue weighted by Gasteiger charge is -1.98. The number of fused-ring (bicyclic) bond motifs is 1. The summed E-state index contributed by atoms with van der Waals surface area (Å²) in [5.74, 6) is -0.00179. The van der Waals surface area contributed by atoms with Gasteiger partial charge in [-0.15, -0.1) is 4.52 Å². The first-order valence-corrected chi connectivity index (χ1v) is 7.39. The van der Waals surface area contributed by atoms with Crippen LogP contribution >= 0.6 is 0 Å². The van der Waals surface area contributed by atoms with Crippen molar-refractivity contribution in [3.63, 3.8) is 0 Å². The van der Waals surface area contributed by atoms with E-state index < -0.39 is 0 Å². The van der Waals surface area contributed by atoms with Crippen molar-refractivity contribution in [1.82, 2.24) is 14.8 Å². The van der Waals surface area contributed by atoms with E-state index in [4.69, 9.17) is 0 Å². The van der Waals surface area contributed by atoms with Crippen LogP contribution in [0.3, 0.4) is 0 Å². The van der Waals surface area contributed by atoms with Crippen LogP contribution in [0.2, 0.25) is 0 Å². The molecule has 2 aromatic carbocycles. The third kappa shape index (κ3) is 2.23. The minimum atomic E-state index is -0.00179. The number of nitrogens with zero attached hydrogens (tertiary/aromatic N) is 3. The van der Waals surface area contributed by atoms with E-state index in [-0.39, 0.29) is 5.78 Å². The summed E-state index contributed by atoms with van der Waals surface area (Å²) in [5, 5.41) is 7.72. The van der Waals surface area contributed by atoms with Gasteiger partial charge in [-0.05, 0) is 34.5 Å². The summed E-state index contributed by atoms with van der Waals surface area (Å²) < 4.78 is 1.78. The number of aromatic amines is 1. The summed E-state index contributed by atoms with van der Waals surface area (Å²) >= 11 is 0. The van der Waals surface area contributed by atoms with Gasteiger partial charge in [0.05, 0.1) is 0 Å². The quantitative estimate of drug-likeness (QED) is 0.467. The van der Waals surface area contributed by atoms with Crippen LogP contribution < -0.4 is 4.80 Å². The Morgan fingerprint density at radius 3 is 2.35 bits per heavy atom. The van der Waals surface area contributed by atoms with Crippen LogP contribution in [-0.4, -0.2) is 20.6 Å². The number of para-hydroxylation sites is 1. The van der Waals surface area contributed by atoms with Crippen molar-refractivity contribution < 1.29 is 9.59 Å². The number of rotatable bonds is 3. The highest BCUT2D eigenvalue weighted by Crippen LogP contribution is 2.27. The zero-order valence-electron chi connectivity index (χ0n) is 12.6. The smallest absolute Gasteiger partial charge is 0.294 e. The van der Waals surface area contributed by atoms with E-state index in [2.05, 4.69) is 10.3 Å². The molecule has 4 aromatic rings. The first-order chi connectivity index (χ1) is 11.2. The fraction of sp³-hybridized carbons (Fsp3) is 0.0556. The Morgan fingerprint density at radius 2 is 1.70 bits per heavy atom. The molecule has 0 atom stereocenters. The standard InChI is InChI=1S/C18H14N4O/c1-13(23)17-16(14-8-4-2-5-9-14)12-21-18(17)19-22(20-21)15-10-6-3-7-11-15/h2-12H,1H3/p+1. The zero-order valence-corrected chi connectivity index (χ0v) is 12.6. The second-order valence-electron chi connectivity index (χ2n) is 5.38. The van der Waals surface area contributed by atoms with E-state index in [0.29, 0.717) is 11.2 Å². The van der Waals surface area contributed by atoms with Crippen molar-refractivity contribution in [3.05, 3.63) is 72.4 Å². The number of H-pyrrole nitrogens is 1. The van der Waals surface area contributed by atoms with E-state index in [1.807, 2.05) is 66.9 Å². The Balaban J connectivity index is 1.93. The van der Waals surface area contributed by atoms with Crippen LogP contribution in [0.25, 0.3) is 22.5 Å². The maximum absolute atomic E-state index is 12.2. The summed E-state index contributed by atoms with van der Waals surface area (Å²) in [7, 11) is 0. The molecular formula is C18H15N4O+. The number of Topliss-reactive ketones (excluding diaryl/α,β-unsaturated/α-hetero) is 1. The molecule has 0 bridgehead atoms. The fourth-order valence-electron chi connectivity index (χ4n) is 2.76.